The van der Waals surface area contributed by atoms with Crippen LogP contribution in [-0.4, -0.2) is 47.9 Å². The van der Waals surface area contributed by atoms with Crippen LogP contribution < -0.4 is 10.6 Å². The van der Waals surface area contributed by atoms with E-state index in [0.717, 1.165) is 37.3 Å². The van der Waals surface area contributed by atoms with Gasteiger partial charge >= 0.3 is 0 Å². The molecule has 1 aliphatic heterocycles. The van der Waals surface area contributed by atoms with Gasteiger partial charge in [0.15, 0.2) is 5.13 Å². The van der Waals surface area contributed by atoms with E-state index in [2.05, 4.69) is 71.0 Å². The predicted octanol–water partition coefficient (Wildman–Crippen LogP) is 6.26. The molecule has 1 unspecified atom stereocenters. The molecule has 1 fully saturated rings. The number of benzene rings is 3. The number of amides is 2. The van der Waals surface area contributed by atoms with Crippen molar-refractivity contribution in [1.29, 1.82) is 0 Å². The highest BCUT2D eigenvalue weighted by atomic mass is 32.1. The molecule has 0 spiro atoms. The lowest BCUT2D eigenvalue weighted by molar-refractivity contribution is -0.126. The molecule has 0 radical (unpaired) electrons. The van der Waals surface area contributed by atoms with Crippen molar-refractivity contribution in [2.75, 3.05) is 31.5 Å². The third kappa shape index (κ3) is 4.67. The van der Waals surface area contributed by atoms with Gasteiger partial charge in [0.25, 0.3) is 5.91 Å². The van der Waals surface area contributed by atoms with E-state index in [9.17, 15) is 9.59 Å². The highest BCUT2D eigenvalue weighted by molar-refractivity contribution is 7.14. The molecule has 3 aromatic carbocycles. The fourth-order valence-electron chi connectivity index (χ4n) is 7.15. The Hall–Kier alpha value is -3.81. The van der Waals surface area contributed by atoms with Gasteiger partial charge in [-0.3, -0.25) is 9.59 Å². The summed E-state index contributed by atoms with van der Waals surface area (Å²) in [5.41, 5.74) is 6.85. The molecule has 2 heterocycles. The number of likely N-dealkylation sites (tertiary alicyclic amines) is 1. The Morgan fingerprint density at radius 2 is 1.63 bits per heavy atom. The second-order valence-corrected chi connectivity index (χ2v) is 12.6. The molecule has 4 aliphatic rings. The summed E-state index contributed by atoms with van der Waals surface area (Å²) in [5.74, 6) is 0.137. The van der Waals surface area contributed by atoms with E-state index in [1.54, 1.807) is 0 Å². The molecule has 1 aromatic heterocycles. The largest absolute Gasteiger partial charge is 0.351 e. The van der Waals surface area contributed by atoms with Crippen LogP contribution in [0.5, 0.6) is 0 Å². The minimum absolute atomic E-state index is 0.00000425. The molecule has 208 valence electrons. The number of aromatic nitrogens is 1. The van der Waals surface area contributed by atoms with Crippen LogP contribution in [0.25, 0.3) is 11.3 Å². The molecule has 6 nitrogen and oxygen atoms in total. The third-order valence-electron chi connectivity index (χ3n) is 9.21. The second-order valence-electron chi connectivity index (χ2n) is 11.7. The zero-order chi connectivity index (χ0) is 28.0. The van der Waals surface area contributed by atoms with Gasteiger partial charge < -0.3 is 15.5 Å². The normalized spacial score (nSPS) is 22.7. The van der Waals surface area contributed by atoms with Gasteiger partial charge in [0, 0.05) is 41.4 Å². The van der Waals surface area contributed by atoms with E-state index >= 15 is 0 Å². The maximum Gasteiger partial charge on any atom is 0.251 e. The van der Waals surface area contributed by atoms with Crippen molar-refractivity contribution >= 4 is 28.3 Å². The molecule has 2 amide bonds. The standard InChI is InChI=1S/C34H34N4O2S/c1-34(20-28-24-11-2-4-13-26(24)30(34)27-14-5-3-12-25(27)28)32(40)37-33-36-29(21-41-33)22-9-8-10-23(19-22)31(39)35-15-18-38-16-6-7-17-38/h2-5,8-14,19,21,28,30H,6-7,15-18,20H2,1H3,(H,35,39)(H,36,37,40). The van der Waals surface area contributed by atoms with Gasteiger partial charge in [0.05, 0.1) is 11.1 Å². The number of nitrogens with zero attached hydrogens (tertiary/aromatic N) is 2. The van der Waals surface area contributed by atoms with Crippen molar-refractivity contribution in [3.8, 4) is 11.3 Å². The summed E-state index contributed by atoms with van der Waals surface area (Å²) in [5, 5.41) is 8.74. The number of anilines is 1. The molecule has 1 atom stereocenters. The summed E-state index contributed by atoms with van der Waals surface area (Å²) < 4.78 is 0. The minimum atomic E-state index is -0.591. The van der Waals surface area contributed by atoms with Gasteiger partial charge in [-0.1, -0.05) is 60.7 Å². The van der Waals surface area contributed by atoms with Gasteiger partial charge in [-0.15, -0.1) is 11.3 Å². The molecule has 2 bridgehead atoms. The monoisotopic (exact) mass is 562 g/mol. The van der Waals surface area contributed by atoms with E-state index in [-0.39, 0.29) is 23.7 Å². The van der Waals surface area contributed by atoms with Gasteiger partial charge in [-0.25, -0.2) is 4.98 Å². The lowest BCUT2D eigenvalue weighted by atomic mass is 9.52. The van der Waals surface area contributed by atoms with Crippen LogP contribution in [-0.2, 0) is 4.79 Å². The number of rotatable bonds is 7. The highest BCUT2D eigenvalue weighted by Crippen LogP contribution is 2.61. The van der Waals surface area contributed by atoms with Crippen molar-refractivity contribution in [2.24, 2.45) is 5.41 Å². The second kappa shape index (κ2) is 10.5. The van der Waals surface area contributed by atoms with Crippen LogP contribution in [0.3, 0.4) is 0 Å². The summed E-state index contributed by atoms with van der Waals surface area (Å²) in [6, 6.07) is 24.7. The Balaban J connectivity index is 1.07. The van der Waals surface area contributed by atoms with Gasteiger partial charge in [-0.2, -0.15) is 0 Å². The molecule has 2 N–H and O–H groups in total. The first-order valence-corrected chi connectivity index (χ1v) is 15.4. The molecule has 4 aromatic rings. The summed E-state index contributed by atoms with van der Waals surface area (Å²) in [6.45, 7) is 5.88. The van der Waals surface area contributed by atoms with E-state index in [4.69, 9.17) is 4.98 Å². The van der Waals surface area contributed by atoms with Crippen LogP contribution in [0.4, 0.5) is 5.13 Å². The lowest BCUT2D eigenvalue weighted by Crippen LogP contribution is -2.47. The fraction of sp³-hybridized carbons (Fsp3) is 0.324. The van der Waals surface area contributed by atoms with Gasteiger partial charge in [-0.05, 0) is 73.7 Å². The predicted molar refractivity (Wildman–Crippen MR) is 163 cm³/mol. The molecular weight excluding hydrogens is 528 g/mol. The van der Waals surface area contributed by atoms with Crippen LogP contribution in [0.15, 0.2) is 78.2 Å². The van der Waals surface area contributed by atoms with Crippen LogP contribution in [0.2, 0.25) is 0 Å². The first-order chi connectivity index (χ1) is 20.0. The Kier molecular flexibility index (Phi) is 6.72. The molecule has 41 heavy (non-hydrogen) atoms. The zero-order valence-electron chi connectivity index (χ0n) is 23.2. The summed E-state index contributed by atoms with van der Waals surface area (Å²) in [6.07, 6.45) is 3.26. The van der Waals surface area contributed by atoms with Crippen LogP contribution >= 0.6 is 11.3 Å². The number of nitrogens with one attached hydrogen (secondary N) is 2. The molecule has 8 rings (SSSR count). The number of fused-ring (bicyclic) bond motifs is 1. The number of thiazole rings is 1. The number of hydrogen-bond donors (Lipinski definition) is 2. The number of carbonyl (C=O) groups is 2. The zero-order valence-corrected chi connectivity index (χ0v) is 24.0. The van der Waals surface area contributed by atoms with Gasteiger partial charge in [0.2, 0.25) is 5.91 Å². The molecule has 1 saturated heterocycles. The third-order valence-corrected chi connectivity index (χ3v) is 9.96. The maximum atomic E-state index is 14.0. The first-order valence-electron chi connectivity index (χ1n) is 14.6. The Bertz CT molecular complexity index is 1580. The summed E-state index contributed by atoms with van der Waals surface area (Å²) in [7, 11) is 0. The smallest absolute Gasteiger partial charge is 0.251 e. The van der Waals surface area contributed by atoms with E-state index in [0.29, 0.717) is 17.2 Å². The number of carbonyl (C=O) groups excluding carboxylic acids is 2. The fourth-order valence-corrected chi connectivity index (χ4v) is 7.86. The van der Waals surface area contributed by atoms with Crippen molar-refractivity contribution in [2.45, 2.75) is 38.0 Å². The topological polar surface area (TPSA) is 74.3 Å². The maximum absolute atomic E-state index is 14.0. The summed E-state index contributed by atoms with van der Waals surface area (Å²) >= 11 is 1.42. The minimum Gasteiger partial charge on any atom is -0.351 e. The van der Waals surface area contributed by atoms with Crippen LogP contribution in [0, 0.1) is 5.41 Å². The van der Waals surface area contributed by atoms with Crippen LogP contribution in [0.1, 0.15) is 70.6 Å². The van der Waals surface area contributed by atoms with Crippen molar-refractivity contribution < 1.29 is 9.59 Å². The van der Waals surface area contributed by atoms with E-state index in [1.165, 1.54) is 46.4 Å². The SMILES string of the molecule is CC1(C(=O)Nc2nc(-c3cccc(C(=O)NCCN4CCCC4)c3)cs2)CC2c3ccccc3C1c1ccccc12. The lowest BCUT2D eigenvalue weighted by Gasteiger charge is -2.50. The van der Waals surface area contributed by atoms with E-state index in [1.807, 2.05) is 29.6 Å². The van der Waals surface area contributed by atoms with Crippen molar-refractivity contribution in [3.63, 3.8) is 0 Å². The molecular formula is C34H34N4O2S. The Morgan fingerprint density at radius 3 is 2.34 bits per heavy atom. The average molecular weight is 563 g/mol. The average Bonchev–Trinajstić information content (AvgIpc) is 3.70. The molecule has 7 heteroatoms. The number of hydrogen-bond acceptors (Lipinski definition) is 5. The molecule has 0 saturated carbocycles. The summed E-state index contributed by atoms with van der Waals surface area (Å²) in [4.78, 5) is 33.9. The van der Waals surface area contributed by atoms with Crippen molar-refractivity contribution in [1.82, 2.24) is 15.2 Å². The highest BCUT2D eigenvalue weighted by Gasteiger charge is 2.54. The first kappa shape index (κ1) is 26.1. The van der Waals surface area contributed by atoms with E-state index < -0.39 is 5.41 Å². The quantitative estimate of drug-likeness (QED) is 0.279. The van der Waals surface area contributed by atoms with Gasteiger partial charge in [0.1, 0.15) is 0 Å². The van der Waals surface area contributed by atoms with Crippen molar-refractivity contribution in [3.05, 3.63) is 106 Å². The Morgan fingerprint density at radius 1 is 0.951 bits per heavy atom. The Labute approximate surface area is 244 Å². The molecule has 3 aliphatic carbocycles.